The van der Waals surface area contributed by atoms with Gasteiger partial charge in [0.15, 0.2) is 0 Å². The van der Waals surface area contributed by atoms with Gasteiger partial charge in [-0.2, -0.15) is 4.57 Å². The highest BCUT2D eigenvalue weighted by molar-refractivity contribution is 5.86. The van der Waals surface area contributed by atoms with Gasteiger partial charge in [-0.3, -0.25) is 0 Å². The third-order valence-corrected chi connectivity index (χ3v) is 2.08. The number of imidazole rings is 1. The lowest BCUT2D eigenvalue weighted by Crippen LogP contribution is -2.22. The molecule has 0 aliphatic carbocycles. The maximum Gasteiger partial charge on any atom is 0.420 e. The third kappa shape index (κ3) is 1.35. The van der Waals surface area contributed by atoms with Crippen LogP contribution < -0.4 is 10.4 Å². The molecule has 1 aromatic heterocycles. The first-order valence-electron chi connectivity index (χ1n) is 4.15. The Morgan fingerprint density at radius 2 is 2.27 bits per heavy atom. The maximum atomic E-state index is 11.3. The molecule has 15 heavy (non-hydrogen) atoms. The molecule has 6 heteroatoms. The molecular formula is C9H8N2O4. The van der Waals surface area contributed by atoms with E-state index >= 15 is 0 Å². The number of aromatic nitrogens is 2. The van der Waals surface area contributed by atoms with Crippen molar-refractivity contribution in [2.45, 2.75) is 0 Å². The Hall–Kier alpha value is -2.24. The molecule has 0 saturated heterocycles. The van der Waals surface area contributed by atoms with Crippen LogP contribution in [-0.2, 0) is 0 Å². The number of hydrogen-bond acceptors (Lipinski definition) is 3. The molecule has 1 aromatic carbocycles. The molecule has 0 atom stereocenters. The number of nitrogens with one attached hydrogen (secondary N) is 1. The van der Waals surface area contributed by atoms with Gasteiger partial charge >= 0.3 is 11.8 Å². The Morgan fingerprint density at radius 3 is 2.87 bits per heavy atom. The maximum absolute atomic E-state index is 11.3. The highest BCUT2D eigenvalue weighted by Gasteiger charge is 2.12. The fraction of sp³-hybridized carbons (Fsp3) is 0.111. The molecule has 0 bridgehead atoms. The fourth-order valence-corrected chi connectivity index (χ4v) is 1.41. The Bertz CT molecular complexity index is 581. The molecule has 2 aromatic rings. The van der Waals surface area contributed by atoms with Crippen molar-refractivity contribution in [3.05, 3.63) is 28.7 Å². The van der Waals surface area contributed by atoms with Crippen LogP contribution in [0.15, 0.2) is 23.0 Å². The first-order valence-corrected chi connectivity index (χ1v) is 4.15. The van der Waals surface area contributed by atoms with Crippen LogP contribution in [-0.4, -0.2) is 27.9 Å². The number of aromatic amines is 1. The minimum absolute atomic E-state index is 0.313. The fourth-order valence-electron chi connectivity index (χ4n) is 1.41. The van der Waals surface area contributed by atoms with Gasteiger partial charge in [-0.1, -0.05) is 0 Å². The predicted molar refractivity (Wildman–Crippen MR) is 52.5 cm³/mol. The van der Waals surface area contributed by atoms with E-state index in [0.29, 0.717) is 21.4 Å². The summed E-state index contributed by atoms with van der Waals surface area (Å²) in [5.74, 6) is 0.557. The summed E-state index contributed by atoms with van der Waals surface area (Å²) in [4.78, 5) is 24.5. The number of H-pyrrole nitrogens is 1. The average Bonchev–Trinajstić information content (AvgIpc) is 2.52. The Morgan fingerprint density at radius 1 is 1.53 bits per heavy atom. The Balaban J connectivity index is 2.80. The zero-order valence-corrected chi connectivity index (χ0v) is 7.85. The van der Waals surface area contributed by atoms with E-state index in [1.807, 2.05) is 0 Å². The lowest BCUT2D eigenvalue weighted by atomic mass is 10.3. The standard InChI is InChI=1S/C9H8N2O4/c1-15-5-2-3-7-6(4-5)10-8(12)11(7)9(13)14/h2-4H,1H3,(H,10,12)(H,13,14). The van der Waals surface area contributed by atoms with E-state index in [9.17, 15) is 9.59 Å². The molecule has 0 spiro atoms. The molecule has 0 radical (unpaired) electrons. The molecule has 0 amide bonds. The van der Waals surface area contributed by atoms with Gasteiger partial charge in [-0.05, 0) is 12.1 Å². The number of nitrogens with zero attached hydrogens (tertiary/aromatic N) is 1. The second-order valence-electron chi connectivity index (χ2n) is 2.93. The summed E-state index contributed by atoms with van der Waals surface area (Å²) in [7, 11) is 1.49. The van der Waals surface area contributed by atoms with Crippen LogP contribution in [0.5, 0.6) is 5.75 Å². The molecule has 0 fully saturated rings. The summed E-state index contributed by atoms with van der Waals surface area (Å²) in [6.07, 6.45) is -1.31. The van der Waals surface area contributed by atoms with Crippen molar-refractivity contribution < 1.29 is 14.6 Å². The quantitative estimate of drug-likeness (QED) is 0.728. The molecule has 0 saturated carbocycles. The molecule has 0 aliphatic rings. The number of carbonyl (C=O) groups is 1. The molecule has 2 N–H and O–H groups in total. The van der Waals surface area contributed by atoms with Crippen molar-refractivity contribution in [1.82, 2.24) is 9.55 Å². The van der Waals surface area contributed by atoms with E-state index in [4.69, 9.17) is 9.84 Å². The van der Waals surface area contributed by atoms with Gasteiger partial charge in [0.1, 0.15) is 5.75 Å². The average molecular weight is 208 g/mol. The van der Waals surface area contributed by atoms with Crippen molar-refractivity contribution in [3.8, 4) is 5.75 Å². The van der Waals surface area contributed by atoms with E-state index in [1.165, 1.54) is 13.2 Å². The first kappa shape index (κ1) is 9.32. The summed E-state index contributed by atoms with van der Waals surface area (Å²) < 4.78 is 5.60. The number of fused-ring (bicyclic) bond motifs is 1. The zero-order chi connectivity index (χ0) is 11.0. The van der Waals surface area contributed by atoms with E-state index in [2.05, 4.69) is 4.98 Å². The van der Waals surface area contributed by atoms with E-state index < -0.39 is 11.8 Å². The van der Waals surface area contributed by atoms with Gasteiger partial charge in [0.2, 0.25) is 0 Å². The molecule has 78 valence electrons. The summed E-state index contributed by atoms with van der Waals surface area (Å²) in [6.45, 7) is 0. The van der Waals surface area contributed by atoms with E-state index in [1.54, 1.807) is 12.1 Å². The van der Waals surface area contributed by atoms with Gasteiger partial charge in [0.25, 0.3) is 0 Å². The van der Waals surface area contributed by atoms with Crippen LogP contribution in [0, 0.1) is 0 Å². The van der Waals surface area contributed by atoms with E-state index in [-0.39, 0.29) is 0 Å². The number of carboxylic acid groups (broad SMARTS) is 1. The SMILES string of the molecule is COc1ccc2c(c1)[nH]c(=O)n2C(=O)O. The van der Waals surface area contributed by atoms with Gasteiger partial charge in [0.05, 0.1) is 18.1 Å². The predicted octanol–water partition coefficient (Wildman–Crippen LogP) is 0.864. The van der Waals surface area contributed by atoms with Crippen molar-refractivity contribution >= 4 is 17.1 Å². The summed E-state index contributed by atoms with van der Waals surface area (Å²) in [5.41, 5.74) is 0.0702. The largest absolute Gasteiger partial charge is 0.497 e. The summed E-state index contributed by atoms with van der Waals surface area (Å²) in [5, 5.41) is 8.79. The van der Waals surface area contributed by atoms with Crippen molar-refractivity contribution in [2.24, 2.45) is 0 Å². The van der Waals surface area contributed by atoms with E-state index in [0.717, 1.165) is 0 Å². The molecular weight excluding hydrogens is 200 g/mol. The van der Waals surface area contributed by atoms with Gasteiger partial charge < -0.3 is 14.8 Å². The van der Waals surface area contributed by atoms with Crippen molar-refractivity contribution in [2.75, 3.05) is 7.11 Å². The Labute approximate surface area is 83.7 Å². The number of ether oxygens (including phenoxy) is 1. The van der Waals surface area contributed by atoms with Gasteiger partial charge in [-0.25, -0.2) is 9.59 Å². The Kier molecular flexibility index (Phi) is 1.96. The van der Waals surface area contributed by atoms with Crippen LogP contribution in [0.2, 0.25) is 0 Å². The third-order valence-electron chi connectivity index (χ3n) is 2.08. The molecule has 1 heterocycles. The van der Waals surface area contributed by atoms with Gasteiger partial charge in [-0.15, -0.1) is 0 Å². The minimum atomic E-state index is -1.31. The van der Waals surface area contributed by atoms with Crippen LogP contribution in [0.4, 0.5) is 4.79 Å². The van der Waals surface area contributed by atoms with Crippen molar-refractivity contribution in [3.63, 3.8) is 0 Å². The molecule has 6 nitrogen and oxygen atoms in total. The highest BCUT2D eigenvalue weighted by Crippen LogP contribution is 2.17. The number of rotatable bonds is 1. The lowest BCUT2D eigenvalue weighted by Gasteiger charge is -1.99. The number of methoxy groups -OCH3 is 1. The van der Waals surface area contributed by atoms with Crippen LogP contribution in [0.25, 0.3) is 11.0 Å². The molecule has 0 aliphatic heterocycles. The van der Waals surface area contributed by atoms with Crippen molar-refractivity contribution in [1.29, 1.82) is 0 Å². The number of hydrogen-bond donors (Lipinski definition) is 2. The topological polar surface area (TPSA) is 84.3 Å². The highest BCUT2D eigenvalue weighted by atomic mass is 16.5. The van der Waals surface area contributed by atoms with Crippen LogP contribution >= 0.6 is 0 Å². The molecule has 0 unspecified atom stereocenters. The summed E-state index contributed by atoms with van der Waals surface area (Å²) in [6, 6.07) is 4.67. The lowest BCUT2D eigenvalue weighted by molar-refractivity contribution is 0.196. The summed E-state index contributed by atoms with van der Waals surface area (Å²) >= 11 is 0. The zero-order valence-electron chi connectivity index (χ0n) is 7.85. The monoisotopic (exact) mass is 208 g/mol. The smallest absolute Gasteiger partial charge is 0.420 e. The number of benzene rings is 1. The molecule has 2 rings (SSSR count). The normalized spacial score (nSPS) is 10.5. The second-order valence-corrected chi connectivity index (χ2v) is 2.93. The minimum Gasteiger partial charge on any atom is -0.497 e. The first-order chi connectivity index (χ1) is 7.13. The van der Waals surface area contributed by atoms with Crippen LogP contribution in [0.3, 0.4) is 0 Å². The van der Waals surface area contributed by atoms with Crippen LogP contribution in [0.1, 0.15) is 0 Å². The van der Waals surface area contributed by atoms with Gasteiger partial charge in [0, 0.05) is 6.07 Å². The second kappa shape index (κ2) is 3.16.